The molecule has 0 aliphatic heterocycles. The van der Waals surface area contributed by atoms with E-state index in [9.17, 15) is 0 Å². The molecule has 2 rings (SSSR count). The summed E-state index contributed by atoms with van der Waals surface area (Å²) >= 11 is 0. The number of benzene rings is 1. The van der Waals surface area contributed by atoms with Gasteiger partial charge in [0.2, 0.25) is 0 Å². The van der Waals surface area contributed by atoms with Crippen molar-refractivity contribution in [3.05, 3.63) is 23.8 Å². The third kappa shape index (κ3) is 1.47. The third-order valence-corrected chi connectivity index (χ3v) is 1.81. The Morgan fingerprint density at radius 1 is 1.46 bits per heavy atom. The van der Waals surface area contributed by atoms with Crippen LogP contribution in [-0.4, -0.2) is 9.97 Å². The van der Waals surface area contributed by atoms with Crippen molar-refractivity contribution in [3.8, 4) is 0 Å². The number of hydrogen-bond acceptors (Lipinski definition) is 4. The van der Waals surface area contributed by atoms with E-state index in [4.69, 9.17) is 11.6 Å². The zero-order valence-corrected chi connectivity index (χ0v) is 6.95. The summed E-state index contributed by atoms with van der Waals surface area (Å²) in [7, 11) is 0. The van der Waals surface area contributed by atoms with Crippen molar-refractivity contribution in [2.45, 2.75) is 6.61 Å². The molecule has 5 N–H and O–H groups in total. The van der Waals surface area contributed by atoms with Crippen LogP contribution in [0.3, 0.4) is 0 Å². The summed E-state index contributed by atoms with van der Waals surface area (Å²) in [5.74, 6) is 5.38. The molecule has 0 atom stereocenters. The summed E-state index contributed by atoms with van der Waals surface area (Å²) in [5, 5.41) is 0. The molecular formula is C8H10N4O. The van der Waals surface area contributed by atoms with Gasteiger partial charge in [0.25, 0.3) is 0 Å². The number of nitrogens with one attached hydrogen (secondary N) is 1. The standard InChI is InChI=1S/C8H10N4O/c9-8-11-6-2-1-5(4-13-10)3-7(6)12-8/h1-3H,4,10H2,(H3,9,11,12). The lowest BCUT2D eigenvalue weighted by molar-refractivity contribution is 0.124. The van der Waals surface area contributed by atoms with Gasteiger partial charge in [-0.05, 0) is 17.7 Å². The minimum Gasteiger partial charge on any atom is -0.369 e. The third-order valence-electron chi connectivity index (χ3n) is 1.81. The fourth-order valence-electron chi connectivity index (χ4n) is 1.26. The molecule has 1 aromatic heterocycles. The first-order chi connectivity index (χ1) is 6.29. The Morgan fingerprint density at radius 3 is 3.08 bits per heavy atom. The number of fused-ring (bicyclic) bond motifs is 1. The molecule has 0 bridgehead atoms. The zero-order valence-electron chi connectivity index (χ0n) is 6.95. The molecule has 13 heavy (non-hydrogen) atoms. The van der Waals surface area contributed by atoms with E-state index in [-0.39, 0.29) is 0 Å². The lowest BCUT2D eigenvalue weighted by Crippen LogP contribution is -1.98. The van der Waals surface area contributed by atoms with E-state index in [1.807, 2.05) is 18.2 Å². The highest BCUT2D eigenvalue weighted by Crippen LogP contribution is 2.14. The van der Waals surface area contributed by atoms with Crippen LogP contribution in [0.4, 0.5) is 5.95 Å². The summed E-state index contributed by atoms with van der Waals surface area (Å²) in [6, 6.07) is 5.68. The molecule has 0 amide bonds. The molecule has 0 saturated heterocycles. The first kappa shape index (κ1) is 8.03. The smallest absolute Gasteiger partial charge is 0.198 e. The van der Waals surface area contributed by atoms with Gasteiger partial charge in [-0.15, -0.1) is 0 Å². The van der Waals surface area contributed by atoms with E-state index in [1.54, 1.807) is 0 Å². The number of nitrogens with zero attached hydrogens (tertiary/aromatic N) is 1. The van der Waals surface area contributed by atoms with Crippen molar-refractivity contribution < 1.29 is 4.84 Å². The molecule has 0 unspecified atom stereocenters. The van der Waals surface area contributed by atoms with Crippen molar-refractivity contribution in [1.82, 2.24) is 9.97 Å². The summed E-state index contributed by atoms with van der Waals surface area (Å²) in [6.45, 7) is 0.384. The average Bonchev–Trinajstić information content (AvgIpc) is 2.44. The zero-order chi connectivity index (χ0) is 9.26. The second kappa shape index (κ2) is 3.04. The average molecular weight is 178 g/mol. The second-order valence-corrected chi connectivity index (χ2v) is 2.78. The molecule has 68 valence electrons. The van der Waals surface area contributed by atoms with Gasteiger partial charge in [-0.3, -0.25) is 4.84 Å². The lowest BCUT2D eigenvalue weighted by Gasteiger charge is -1.97. The monoisotopic (exact) mass is 178 g/mol. The van der Waals surface area contributed by atoms with Crippen LogP contribution in [0.2, 0.25) is 0 Å². The van der Waals surface area contributed by atoms with Crippen molar-refractivity contribution in [1.29, 1.82) is 0 Å². The van der Waals surface area contributed by atoms with Gasteiger partial charge in [0, 0.05) is 0 Å². The molecule has 5 nitrogen and oxygen atoms in total. The Morgan fingerprint density at radius 2 is 2.31 bits per heavy atom. The Kier molecular flexibility index (Phi) is 1.88. The highest BCUT2D eigenvalue weighted by molar-refractivity contribution is 5.77. The van der Waals surface area contributed by atoms with Crippen LogP contribution in [0.1, 0.15) is 5.56 Å². The van der Waals surface area contributed by atoms with E-state index in [0.717, 1.165) is 16.6 Å². The highest BCUT2D eigenvalue weighted by atomic mass is 16.6. The van der Waals surface area contributed by atoms with Gasteiger partial charge in [0.1, 0.15) is 0 Å². The molecule has 0 aliphatic carbocycles. The molecule has 1 heterocycles. The van der Waals surface area contributed by atoms with E-state index < -0.39 is 0 Å². The molecule has 0 radical (unpaired) electrons. The molecule has 1 aromatic carbocycles. The number of hydrogen-bond donors (Lipinski definition) is 3. The molecule has 5 heteroatoms. The SMILES string of the molecule is NOCc1ccc2nc(N)[nH]c2c1. The van der Waals surface area contributed by atoms with Gasteiger partial charge < -0.3 is 10.7 Å². The summed E-state index contributed by atoms with van der Waals surface area (Å²) in [6.07, 6.45) is 0. The maximum Gasteiger partial charge on any atom is 0.198 e. The molecule has 0 saturated carbocycles. The van der Waals surface area contributed by atoms with Crippen LogP contribution in [0.5, 0.6) is 0 Å². The Hall–Kier alpha value is -1.59. The van der Waals surface area contributed by atoms with Crippen LogP contribution in [0.25, 0.3) is 11.0 Å². The maximum absolute atomic E-state index is 5.49. The van der Waals surface area contributed by atoms with Crippen molar-refractivity contribution in [2.24, 2.45) is 5.90 Å². The van der Waals surface area contributed by atoms with Crippen LogP contribution in [0.15, 0.2) is 18.2 Å². The quantitative estimate of drug-likeness (QED) is 0.585. The number of imidazole rings is 1. The molecule has 0 aliphatic rings. The predicted molar refractivity (Wildman–Crippen MR) is 49.5 cm³/mol. The van der Waals surface area contributed by atoms with Crippen molar-refractivity contribution in [3.63, 3.8) is 0 Å². The van der Waals surface area contributed by atoms with Gasteiger partial charge in [0.05, 0.1) is 17.6 Å². The van der Waals surface area contributed by atoms with Gasteiger partial charge in [-0.2, -0.15) is 0 Å². The highest BCUT2D eigenvalue weighted by Gasteiger charge is 2.00. The number of aromatic nitrogens is 2. The van der Waals surface area contributed by atoms with Gasteiger partial charge in [-0.25, -0.2) is 10.9 Å². The Balaban J connectivity index is 2.48. The van der Waals surface area contributed by atoms with Crippen LogP contribution < -0.4 is 11.6 Å². The summed E-state index contributed by atoms with van der Waals surface area (Å²) < 4.78 is 0. The number of aromatic amines is 1. The van der Waals surface area contributed by atoms with Crippen LogP contribution >= 0.6 is 0 Å². The Labute approximate surface area is 74.7 Å². The fourth-order valence-corrected chi connectivity index (χ4v) is 1.26. The van der Waals surface area contributed by atoms with Crippen LogP contribution in [-0.2, 0) is 11.4 Å². The van der Waals surface area contributed by atoms with E-state index in [0.29, 0.717) is 12.6 Å². The van der Waals surface area contributed by atoms with E-state index in [1.165, 1.54) is 0 Å². The molecular weight excluding hydrogens is 168 g/mol. The largest absolute Gasteiger partial charge is 0.369 e. The topological polar surface area (TPSA) is 89.9 Å². The fraction of sp³-hybridized carbons (Fsp3) is 0.125. The van der Waals surface area contributed by atoms with Crippen molar-refractivity contribution in [2.75, 3.05) is 5.73 Å². The number of nitrogens with two attached hydrogens (primary N) is 2. The number of H-pyrrole nitrogens is 1. The maximum atomic E-state index is 5.49. The number of anilines is 1. The Bertz CT molecular complexity index is 423. The van der Waals surface area contributed by atoms with E-state index >= 15 is 0 Å². The molecule has 0 fully saturated rings. The van der Waals surface area contributed by atoms with Gasteiger partial charge >= 0.3 is 0 Å². The second-order valence-electron chi connectivity index (χ2n) is 2.78. The van der Waals surface area contributed by atoms with Gasteiger partial charge in [-0.1, -0.05) is 6.07 Å². The summed E-state index contributed by atoms with van der Waals surface area (Å²) in [5.41, 5.74) is 8.22. The van der Waals surface area contributed by atoms with Gasteiger partial charge in [0.15, 0.2) is 5.95 Å². The number of rotatable bonds is 2. The lowest BCUT2D eigenvalue weighted by atomic mass is 10.2. The minimum atomic E-state index is 0.384. The number of nitrogen functional groups attached to an aromatic ring is 1. The normalized spacial score (nSPS) is 10.8. The van der Waals surface area contributed by atoms with E-state index in [2.05, 4.69) is 14.8 Å². The van der Waals surface area contributed by atoms with Crippen LogP contribution in [0, 0.1) is 0 Å². The molecule has 2 aromatic rings. The minimum absolute atomic E-state index is 0.384. The predicted octanol–water partition coefficient (Wildman–Crippen LogP) is 0.535. The first-order valence-electron chi connectivity index (χ1n) is 3.85. The summed E-state index contributed by atoms with van der Waals surface area (Å²) in [4.78, 5) is 11.5. The first-order valence-corrected chi connectivity index (χ1v) is 3.85. The van der Waals surface area contributed by atoms with Crippen molar-refractivity contribution >= 4 is 17.0 Å². The molecule has 0 spiro atoms.